The van der Waals surface area contributed by atoms with Gasteiger partial charge in [0.2, 0.25) is 5.67 Å². The first-order chi connectivity index (χ1) is 11.4. The molecule has 0 fully saturated rings. The van der Waals surface area contributed by atoms with Crippen LogP contribution in [-0.4, -0.2) is 16.7 Å². The molecule has 0 spiro atoms. The van der Waals surface area contributed by atoms with Crippen molar-refractivity contribution < 1.29 is 14.0 Å². The molecule has 0 saturated carbocycles. The smallest absolute Gasteiger partial charge is 0.262 e. The van der Waals surface area contributed by atoms with Crippen molar-refractivity contribution in [2.75, 3.05) is 0 Å². The molecule has 1 N–H and O–H groups in total. The molecule has 1 aromatic heterocycles. The normalized spacial score (nSPS) is 19.7. The van der Waals surface area contributed by atoms with Crippen molar-refractivity contribution in [2.45, 2.75) is 25.1 Å². The van der Waals surface area contributed by atoms with Crippen LogP contribution in [0.1, 0.15) is 34.5 Å². The quantitative estimate of drug-likeness (QED) is 0.897. The molecule has 1 unspecified atom stereocenters. The molecule has 7 heteroatoms. The van der Waals surface area contributed by atoms with E-state index in [0.717, 1.165) is 0 Å². The average molecular weight is 367 g/mol. The predicted octanol–water partition coefficient (Wildman–Crippen LogP) is 3.85. The molecule has 0 bridgehead atoms. The molecule has 0 aliphatic heterocycles. The lowest BCUT2D eigenvalue weighted by molar-refractivity contribution is -0.134. The zero-order valence-electron chi connectivity index (χ0n) is 12.5. The number of nitrogens with one attached hydrogen (secondary N) is 1. The minimum absolute atomic E-state index is 0.0101. The van der Waals surface area contributed by atoms with E-state index in [2.05, 4.69) is 10.3 Å². The zero-order valence-corrected chi connectivity index (χ0v) is 14.0. The first kappa shape index (κ1) is 16.9. The van der Waals surface area contributed by atoms with E-state index in [4.69, 9.17) is 23.2 Å². The van der Waals surface area contributed by atoms with Gasteiger partial charge < -0.3 is 5.32 Å². The number of aromatic nitrogens is 1. The lowest BCUT2D eigenvalue weighted by Crippen LogP contribution is -2.44. The van der Waals surface area contributed by atoms with Crippen LogP contribution in [0.15, 0.2) is 36.5 Å². The molecular formula is C17H13Cl2FN2O2. The highest BCUT2D eigenvalue weighted by atomic mass is 35.5. The van der Waals surface area contributed by atoms with Gasteiger partial charge in [-0.1, -0.05) is 41.4 Å². The minimum Gasteiger partial charge on any atom is -0.349 e. The van der Waals surface area contributed by atoms with Gasteiger partial charge in [0.15, 0.2) is 5.78 Å². The Labute approximate surface area is 148 Å². The van der Waals surface area contributed by atoms with Crippen molar-refractivity contribution in [3.05, 3.63) is 63.4 Å². The van der Waals surface area contributed by atoms with Crippen molar-refractivity contribution >= 4 is 34.9 Å². The maximum Gasteiger partial charge on any atom is 0.262 e. The second-order valence-electron chi connectivity index (χ2n) is 5.52. The van der Waals surface area contributed by atoms with Crippen LogP contribution in [0.4, 0.5) is 4.39 Å². The summed E-state index contributed by atoms with van der Waals surface area (Å²) in [7, 11) is 0. The van der Waals surface area contributed by atoms with Crippen LogP contribution in [0.25, 0.3) is 0 Å². The SMILES string of the molecule is O=C1CCC(F)(C(=O)NCc2cccc(Cl)c2Cl)c2cccnc21. The van der Waals surface area contributed by atoms with E-state index in [1.54, 1.807) is 18.2 Å². The number of nitrogens with zero attached hydrogens (tertiary/aromatic N) is 1. The van der Waals surface area contributed by atoms with E-state index >= 15 is 4.39 Å². The summed E-state index contributed by atoms with van der Waals surface area (Å²) < 4.78 is 15.4. The molecule has 1 atom stereocenters. The average Bonchev–Trinajstić information content (AvgIpc) is 2.59. The number of fused-ring (bicyclic) bond motifs is 1. The van der Waals surface area contributed by atoms with Gasteiger partial charge >= 0.3 is 0 Å². The van der Waals surface area contributed by atoms with E-state index in [9.17, 15) is 9.59 Å². The second kappa shape index (κ2) is 6.49. The highest BCUT2D eigenvalue weighted by Gasteiger charge is 2.46. The summed E-state index contributed by atoms with van der Waals surface area (Å²) in [4.78, 5) is 28.2. The Morgan fingerprint density at radius 1 is 1.29 bits per heavy atom. The lowest BCUT2D eigenvalue weighted by atomic mass is 9.81. The van der Waals surface area contributed by atoms with Gasteiger partial charge in [-0.25, -0.2) is 4.39 Å². The monoisotopic (exact) mass is 366 g/mol. The van der Waals surface area contributed by atoms with E-state index < -0.39 is 11.6 Å². The van der Waals surface area contributed by atoms with Gasteiger partial charge in [0.25, 0.3) is 5.91 Å². The van der Waals surface area contributed by atoms with Gasteiger partial charge in [-0.15, -0.1) is 0 Å². The Morgan fingerprint density at radius 2 is 2.08 bits per heavy atom. The molecule has 1 heterocycles. The van der Waals surface area contributed by atoms with Crippen LogP contribution in [0.5, 0.6) is 0 Å². The van der Waals surface area contributed by atoms with Gasteiger partial charge in [-0.05, 0) is 17.7 Å². The molecular weight excluding hydrogens is 354 g/mol. The summed E-state index contributed by atoms with van der Waals surface area (Å²) in [5.41, 5.74) is -1.68. The van der Waals surface area contributed by atoms with Crippen LogP contribution < -0.4 is 5.32 Å². The summed E-state index contributed by atoms with van der Waals surface area (Å²) >= 11 is 12.0. The third-order valence-electron chi connectivity index (χ3n) is 4.03. The highest BCUT2D eigenvalue weighted by molar-refractivity contribution is 6.42. The van der Waals surface area contributed by atoms with E-state index in [-0.39, 0.29) is 36.4 Å². The number of alkyl halides is 1. The van der Waals surface area contributed by atoms with Crippen molar-refractivity contribution in [3.63, 3.8) is 0 Å². The largest absolute Gasteiger partial charge is 0.349 e. The van der Waals surface area contributed by atoms with Crippen molar-refractivity contribution in [1.29, 1.82) is 0 Å². The van der Waals surface area contributed by atoms with Gasteiger partial charge in [-0.3, -0.25) is 14.6 Å². The summed E-state index contributed by atoms with van der Waals surface area (Å²) in [6.07, 6.45) is 1.14. The van der Waals surface area contributed by atoms with Gasteiger partial charge in [0.1, 0.15) is 5.69 Å². The number of pyridine rings is 1. The lowest BCUT2D eigenvalue weighted by Gasteiger charge is -2.29. The number of hydrogen-bond donors (Lipinski definition) is 1. The van der Waals surface area contributed by atoms with Crippen LogP contribution in [0.3, 0.4) is 0 Å². The first-order valence-electron chi connectivity index (χ1n) is 7.32. The van der Waals surface area contributed by atoms with Crippen molar-refractivity contribution in [2.24, 2.45) is 0 Å². The van der Waals surface area contributed by atoms with Gasteiger partial charge in [-0.2, -0.15) is 0 Å². The van der Waals surface area contributed by atoms with Crippen LogP contribution in [0, 0.1) is 0 Å². The standard InChI is InChI=1S/C17H13Cl2FN2O2/c18-12-5-1-3-10(14(12)19)9-22-16(24)17(20)7-6-13(23)15-11(17)4-2-8-21-15/h1-5,8H,6-7,9H2,(H,22,24). The Balaban J connectivity index is 1.84. The number of halogens is 3. The summed E-state index contributed by atoms with van der Waals surface area (Å²) in [5.74, 6) is -1.08. The maximum atomic E-state index is 15.4. The molecule has 0 saturated heterocycles. The number of Topliss-reactive ketones (excluding diaryl/α,β-unsaturated/α-hetero) is 1. The molecule has 124 valence electrons. The maximum absolute atomic E-state index is 15.4. The molecule has 4 nitrogen and oxygen atoms in total. The number of hydrogen-bond acceptors (Lipinski definition) is 3. The van der Waals surface area contributed by atoms with E-state index in [1.807, 2.05) is 0 Å². The van der Waals surface area contributed by atoms with Crippen LogP contribution in [-0.2, 0) is 17.0 Å². The Bertz CT molecular complexity index is 828. The molecule has 0 radical (unpaired) electrons. The molecule has 3 rings (SSSR count). The van der Waals surface area contributed by atoms with Crippen LogP contribution in [0.2, 0.25) is 10.0 Å². The number of benzene rings is 1. The third kappa shape index (κ3) is 2.89. The van der Waals surface area contributed by atoms with Crippen molar-refractivity contribution in [1.82, 2.24) is 10.3 Å². The highest BCUT2D eigenvalue weighted by Crippen LogP contribution is 2.38. The minimum atomic E-state index is -2.29. The van der Waals surface area contributed by atoms with Gasteiger partial charge in [0.05, 0.1) is 10.0 Å². The number of ketones is 1. The molecule has 2 aromatic rings. The van der Waals surface area contributed by atoms with Crippen LogP contribution >= 0.6 is 23.2 Å². The topological polar surface area (TPSA) is 59.1 Å². The molecule has 24 heavy (non-hydrogen) atoms. The second-order valence-corrected chi connectivity index (χ2v) is 6.30. The fourth-order valence-electron chi connectivity index (χ4n) is 2.72. The number of amides is 1. The summed E-state index contributed by atoms with van der Waals surface area (Å²) in [6, 6.07) is 7.94. The Kier molecular flexibility index (Phi) is 4.56. The molecule has 1 aromatic carbocycles. The third-order valence-corrected chi connectivity index (χ3v) is 4.88. The molecule has 1 aliphatic carbocycles. The van der Waals surface area contributed by atoms with E-state index in [1.165, 1.54) is 18.3 Å². The van der Waals surface area contributed by atoms with Crippen molar-refractivity contribution in [3.8, 4) is 0 Å². The number of rotatable bonds is 3. The molecule has 1 aliphatic rings. The summed E-state index contributed by atoms with van der Waals surface area (Å²) in [6.45, 7) is 0.0352. The molecule has 1 amide bonds. The number of carbonyl (C=O) groups excluding carboxylic acids is 2. The fourth-order valence-corrected chi connectivity index (χ4v) is 3.11. The predicted molar refractivity (Wildman–Crippen MR) is 88.9 cm³/mol. The zero-order chi connectivity index (χ0) is 17.3. The number of carbonyl (C=O) groups is 2. The Morgan fingerprint density at radius 3 is 2.88 bits per heavy atom. The first-order valence-corrected chi connectivity index (χ1v) is 8.08. The summed E-state index contributed by atoms with van der Waals surface area (Å²) in [5, 5.41) is 3.21. The Hall–Kier alpha value is -1.98. The van der Waals surface area contributed by atoms with E-state index in [0.29, 0.717) is 15.6 Å². The fraction of sp³-hybridized carbons (Fsp3) is 0.235. The van der Waals surface area contributed by atoms with Gasteiger partial charge in [0, 0.05) is 31.1 Å².